The minimum atomic E-state index is 0.646. The zero-order valence-corrected chi connectivity index (χ0v) is 19.0. The van der Waals surface area contributed by atoms with Gasteiger partial charge in [-0.2, -0.15) is 0 Å². The quantitative estimate of drug-likeness (QED) is 0.441. The number of hydrogen-bond acceptors (Lipinski definition) is 1. The summed E-state index contributed by atoms with van der Waals surface area (Å²) in [7, 11) is 0. The molecule has 0 aliphatic heterocycles. The van der Waals surface area contributed by atoms with Crippen molar-refractivity contribution in [2.75, 3.05) is 0 Å². The molecule has 3 unspecified atom stereocenters. The molecular formula is C25H35ClS. The van der Waals surface area contributed by atoms with Crippen molar-refractivity contribution in [1.82, 2.24) is 0 Å². The van der Waals surface area contributed by atoms with Crippen molar-refractivity contribution < 1.29 is 0 Å². The minimum absolute atomic E-state index is 0.646. The Hall–Kier alpha value is -0.790. The first-order chi connectivity index (χ1) is 12.9. The lowest BCUT2D eigenvalue weighted by Crippen LogP contribution is -2.14. The summed E-state index contributed by atoms with van der Waals surface area (Å²) in [5.41, 5.74) is 2.94. The van der Waals surface area contributed by atoms with Crippen LogP contribution in [0.15, 0.2) is 47.6 Å². The first-order valence-corrected chi connectivity index (χ1v) is 11.9. The first kappa shape index (κ1) is 20.9. The predicted octanol–water partition coefficient (Wildman–Crippen LogP) is 8.81. The van der Waals surface area contributed by atoms with Gasteiger partial charge in [0.25, 0.3) is 0 Å². The Morgan fingerprint density at radius 1 is 1.07 bits per heavy atom. The van der Waals surface area contributed by atoms with Gasteiger partial charge < -0.3 is 0 Å². The van der Waals surface area contributed by atoms with Gasteiger partial charge in [0.1, 0.15) is 0 Å². The van der Waals surface area contributed by atoms with E-state index in [0.29, 0.717) is 11.8 Å². The van der Waals surface area contributed by atoms with Crippen molar-refractivity contribution in [3.8, 4) is 0 Å². The normalized spacial score (nSPS) is 37.3. The average Bonchev–Trinajstić information content (AvgIpc) is 3.00. The van der Waals surface area contributed by atoms with Crippen LogP contribution in [0.2, 0.25) is 4.34 Å². The summed E-state index contributed by atoms with van der Waals surface area (Å²) < 4.78 is 0.938. The maximum atomic E-state index is 6.25. The standard InChI is InChI=1S/C25H35ClS/c1-17-5-6-18(2)15-21(10-7-17)11-12-22-16-23(20(4)9-8-19(22)3)24-13-14-25(26)27-24/h5,7,10,13-15,18-20,22-23H,6,8-9,11-12,16H2,1-4H3/b10-7-,17-5+,21-15-/t18?,19?,20-,22?,23-/m0/s1. The highest BCUT2D eigenvalue weighted by Gasteiger charge is 2.31. The molecule has 1 saturated carbocycles. The Morgan fingerprint density at radius 3 is 2.59 bits per heavy atom. The second-order valence-corrected chi connectivity index (χ2v) is 10.8. The Balaban J connectivity index is 1.69. The summed E-state index contributed by atoms with van der Waals surface area (Å²) in [5, 5.41) is 0. The lowest BCUT2D eigenvalue weighted by molar-refractivity contribution is 0.307. The van der Waals surface area contributed by atoms with Crippen LogP contribution in [0.25, 0.3) is 0 Å². The maximum absolute atomic E-state index is 6.25. The van der Waals surface area contributed by atoms with E-state index in [0.717, 1.165) is 28.5 Å². The third-order valence-corrected chi connectivity index (χ3v) is 8.12. The fourth-order valence-corrected chi connectivity index (χ4v) is 6.07. The monoisotopic (exact) mass is 402 g/mol. The molecule has 0 radical (unpaired) electrons. The van der Waals surface area contributed by atoms with Crippen molar-refractivity contribution in [3.05, 3.63) is 56.8 Å². The lowest BCUT2D eigenvalue weighted by atomic mass is 9.80. The molecule has 1 aromatic rings. The fourth-order valence-electron chi connectivity index (χ4n) is 4.77. The summed E-state index contributed by atoms with van der Waals surface area (Å²) in [6, 6.07) is 4.36. The van der Waals surface area contributed by atoms with E-state index in [2.05, 4.69) is 64.1 Å². The number of allylic oxidation sites excluding steroid dienone is 6. The molecular weight excluding hydrogens is 368 g/mol. The van der Waals surface area contributed by atoms with Crippen LogP contribution in [0, 0.1) is 23.7 Å². The molecule has 0 bridgehead atoms. The first-order valence-electron chi connectivity index (χ1n) is 10.7. The van der Waals surface area contributed by atoms with Crippen molar-refractivity contribution in [2.45, 2.75) is 72.1 Å². The summed E-state index contributed by atoms with van der Waals surface area (Å²) >= 11 is 8.05. The largest absolute Gasteiger partial charge is 0.128 e. The average molecular weight is 403 g/mol. The fraction of sp³-hybridized carbons (Fsp3) is 0.600. The van der Waals surface area contributed by atoms with Crippen LogP contribution in [-0.4, -0.2) is 0 Å². The summed E-state index contributed by atoms with van der Waals surface area (Å²) in [5.74, 6) is 3.73. The number of rotatable bonds is 4. The molecule has 2 aliphatic carbocycles. The molecule has 2 heteroatoms. The highest BCUT2D eigenvalue weighted by atomic mass is 35.5. The van der Waals surface area contributed by atoms with E-state index in [1.807, 2.05) is 0 Å². The van der Waals surface area contributed by atoms with Gasteiger partial charge in [0.15, 0.2) is 0 Å². The molecule has 5 atom stereocenters. The van der Waals surface area contributed by atoms with Crippen LogP contribution >= 0.6 is 22.9 Å². The molecule has 0 saturated heterocycles. The SMILES string of the molecule is CC1=C\CC(C)/C=C(CCC2C[C@H](c3ccc(Cl)s3)[C@@H](C)CCC2C)/C=C\1. The van der Waals surface area contributed by atoms with Gasteiger partial charge in [0.05, 0.1) is 4.34 Å². The molecule has 3 rings (SSSR count). The zero-order valence-electron chi connectivity index (χ0n) is 17.4. The van der Waals surface area contributed by atoms with Gasteiger partial charge in [0, 0.05) is 4.88 Å². The van der Waals surface area contributed by atoms with E-state index in [1.54, 1.807) is 11.3 Å². The lowest BCUT2D eigenvalue weighted by Gasteiger charge is -2.26. The molecule has 0 nitrogen and oxygen atoms in total. The maximum Gasteiger partial charge on any atom is 0.0931 e. The number of halogens is 1. The highest BCUT2D eigenvalue weighted by Crippen LogP contribution is 2.45. The summed E-state index contributed by atoms with van der Waals surface area (Å²) in [6.07, 6.45) is 17.3. The van der Waals surface area contributed by atoms with E-state index >= 15 is 0 Å². The van der Waals surface area contributed by atoms with E-state index in [4.69, 9.17) is 11.6 Å². The second-order valence-electron chi connectivity index (χ2n) is 9.05. The highest BCUT2D eigenvalue weighted by molar-refractivity contribution is 7.16. The van der Waals surface area contributed by atoms with Crippen LogP contribution < -0.4 is 0 Å². The van der Waals surface area contributed by atoms with Crippen LogP contribution in [0.1, 0.15) is 77.0 Å². The Kier molecular flexibility index (Phi) is 7.45. The summed E-state index contributed by atoms with van der Waals surface area (Å²) in [4.78, 5) is 1.51. The number of thiophene rings is 1. The molecule has 1 heterocycles. The van der Waals surface area contributed by atoms with E-state index in [-0.39, 0.29) is 0 Å². The Bertz CT molecular complexity index is 708. The van der Waals surface area contributed by atoms with Crippen molar-refractivity contribution in [2.24, 2.45) is 23.7 Å². The summed E-state index contributed by atoms with van der Waals surface area (Å²) in [6.45, 7) is 9.50. The van der Waals surface area contributed by atoms with Gasteiger partial charge in [-0.25, -0.2) is 0 Å². The Labute approximate surface area is 175 Å². The van der Waals surface area contributed by atoms with Gasteiger partial charge >= 0.3 is 0 Å². The van der Waals surface area contributed by atoms with Crippen molar-refractivity contribution in [1.29, 1.82) is 0 Å². The minimum Gasteiger partial charge on any atom is -0.128 e. The van der Waals surface area contributed by atoms with E-state index < -0.39 is 0 Å². The van der Waals surface area contributed by atoms with Gasteiger partial charge in [-0.05, 0) is 80.8 Å². The Morgan fingerprint density at radius 2 is 1.85 bits per heavy atom. The van der Waals surface area contributed by atoms with Crippen LogP contribution in [-0.2, 0) is 0 Å². The van der Waals surface area contributed by atoms with Crippen molar-refractivity contribution >= 4 is 22.9 Å². The topological polar surface area (TPSA) is 0 Å². The molecule has 0 amide bonds. The van der Waals surface area contributed by atoms with E-state index in [9.17, 15) is 0 Å². The van der Waals surface area contributed by atoms with Gasteiger partial charge in [-0.3, -0.25) is 0 Å². The number of hydrogen-bond donors (Lipinski definition) is 0. The third-order valence-electron chi connectivity index (χ3n) is 6.76. The molecule has 148 valence electrons. The van der Waals surface area contributed by atoms with Crippen LogP contribution in [0.5, 0.6) is 0 Å². The molecule has 0 spiro atoms. The molecule has 0 N–H and O–H groups in total. The van der Waals surface area contributed by atoms with Crippen LogP contribution in [0.3, 0.4) is 0 Å². The molecule has 27 heavy (non-hydrogen) atoms. The molecule has 1 aromatic heterocycles. The molecule has 1 fully saturated rings. The van der Waals surface area contributed by atoms with E-state index in [1.165, 1.54) is 48.1 Å². The second kappa shape index (κ2) is 9.61. The smallest absolute Gasteiger partial charge is 0.0931 e. The molecule has 0 aromatic carbocycles. The van der Waals surface area contributed by atoms with Gasteiger partial charge in [0.2, 0.25) is 0 Å². The zero-order chi connectivity index (χ0) is 19.4. The van der Waals surface area contributed by atoms with Crippen LogP contribution in [0.4, 0.5) is 0 Å². The van der Waals surface area contributed by atoms with Crippen molar-refractivity contribution in [3.63, 3.8) is 0 Å². The molecule has 2 aliphatic rings. The predicted molar refractivity (Wildman–Crippen MR) is 122 cm³/mol. The van der Waals surface area contributed by atoms with Gasteiger partial charge in [-0.1, -0.05) is 74.2 Å². The van der Waals surface area contributed by atoms with Gasteiger partial charge in [-0.15, -0.1) is 11.3 Å². The third kappa shape index (κ3) is 5.84.